The summed E-state index contributed by atoms with van der Waals surface area (Å²) in [4.78, 5) is 37.2. The number of carboxylic acids is 1. The van der Waals surface area contributed by atoms with E-state index in [0.717, 1.165) is 64.2 Å². The zero-order valence-electron chi connectivity index (χ0n) is 42.9. The van der Waals surface area contributed by atoms with Gasteiger partial charge >= 0.3 is 17.9 Å². The maximum atomic E-state index is 12.8. The molecule has 65 heavy (non-hydrogen) atoms. The Morgan fingerprint density at radius 2 is 0.846 bits per heavy atom. The van der Waals surface area contributed by atoms with E-state index in [1.54, 1.807) is 0 Å². The molecule has 1 N–H and O–H groups in total. The lowest BCUT2D eigenvalue weighted by Crippen LogP contribution is -2.50. The van der Waals surface area contributed by atoms with Gasteiger partial charge in [-0.2, -0.15) is 0 Å². The van der Waals surface area contributed by atoms with Crippen LogP contribution in [0.3, 0.4) is 0 Å². The first-order valence-electron chi connectivity index (χ1n) is 26.9. The van der Waals surface area contributed by atoms with Gasteiger partial charge in [0.1, 0.15) is 6.61 Å². The highest BCUT2D eigenvalue weighted by Crippen LogP contribution is 2.17. The number of carbonyl (C=O) groups excluding carboxylic acids is 2. The van der Waals surface area contributed by atoms with Gasteiger partial charge in [0, 0.05) is 19.3 Å². The molecule has 2 unspecified atom stereocenters. The van der Waals surface area contributed by atoms with E-state index in [0.29, 0.717) is 19.3 Å². The molecule has 0 aliphatic rings. The van der Waals surface area contributed by atoms with Crippen LogP contribution in [0.4, 0.5) is 0 Å². The standard InChI is InChI=1S/C57H101NO7/c1-6-8-10-12-14-16-18-20-22-24-26-27-28-29-30-32-33-35-37-39-41-43-45-47-55(59)64-52-53(51-63-50-49-54(57(61)62)58(3,4)5)65-56(60)48-46-44-42-40-38-36-34-31-25-23-21-19-17-15-13-11-9-7-2/h11,13,15,17,19,21,23,25,31,34,53-54H,6-10,12,14,16,18,20,22,24,26-30,32-33,35-52H2,1-5H3/p+1/b13-11+,17-15+,21-19+,25-23+,34-31+. The maximum Gasteiger partial charge on any atom is 0.362 e. The molecule has 0 bridgehead atoms. The summed E-state index contributed by atoms with van der Waals surface area (Å²) in [7, 11) is 5.53. The molecule has 0 saturated carbocycles. The molecule has 8 nitrogen and oxygen atoms in total. The van der Waals surface area contributed by atoms with Crippen molar-refractivity contribution >= 4 is 17.9 Å². The van der Waals surface area contributed by atoms with E-state index in [1.165, 1.54) is 135 Å². The fourth-order valence-corrected chi connectivity index (χ4v) is 7.89. The summed E-state index contributed by atoms with van der Waals surface area (Å²) in [6.07, 6.45) is 59.9. The molecule has 0 aliphatic carbocycles. The summed E-state index contributed by atoms with van der Waals surface area (Å²) in [5, 5.41) is 9.66. The minimum absolute atomic E-state index is 0.0503. The van der Waals surface area contributed by atoms with Crippen molar-refractivity contribution in [2.45, 2.75) is 244 Å². The third-order valence-corrected chi connectivity index (χ3v) is 12.0. The molecular formula is C57H102NO7+. The second-order valence-electron chi connectivity index (χ2n) is 19.3. The van der Waals surface area contributed by atoms with Gasteiger partial charge in [-0.3, -0.25) is 9.59 Å². The Hall–Kier alpha value is -2.97. The number of carboxylic acid groups (broad SMARTS) is 1. The van der Waals surface area contributed by atoms with Crippen molar-refractivity contribution in [3.8, 4) is 0 Å². The number of esters is 2. The van der Waals surface area contributed by atoms with Gasteiger partial charge in [0.15, 0.2) is 12.1 Å². The van der Waals surface area contributed by atoms with Crippen molar-refractivity contribution in [1.82, 2.24) is 0 Å². The summed E-state index contributed by atoms with van der Waals surface area (Å²) in [5.41, 5.74) is 0. The fraction of sp³-hybridized carbons (Fsp3) is 0.772. The van der Waals surface area contributed by atoms with Gasteiger partial charge in [-0.25, -0.2) is 4.79 Å². The molecule has 0 aromatic carbocycles. The van der Waals surface area contributed by atoms with E-state index in [1.807, 2.05) is 57.6 Å². The number of likely N-dealkylation sites (N-methyl/N-ethyl adjacent to an activating group) is 1. The van der Waals surface area contributed by atoms with Crippen molar-refractivity contribution in [3.05, 3.63) is 60.8 Å². The number of ether oxygens (including phenoxy) is 3. The molecule has 376 valence electrons. The topological polar surface area (TPSA) is 99.1 Å². The third-order valence-electron chi connectivity index (χ3n) is 12.0. The van der Waals surface area contributed by atoms with Crippen LogP contribution in [0.2, 0.25) is 0 Å². The lowest BCUT2D eigenvalue weighted by molar-refractivity contribution is -0.887. The molecule has 0 aliphatic heterocycles. The molecule has 8 heteroatoms. The number of nitrogens with zero attached hydrogens (tertiary/aromatic N) is 1. The number of quaternary nitrogens is 1. The van der Waals surface area contributed by atoms with Gasteiger partial charge in [-0.15, -0.1) is 0 Å². The lowest BCUT2D eigenvalue weighted by Gasteiger charge is -2.31. The molecule has 0 fully saturated rings. The number of carbonyl (C=O) groups is 3. The summed E-state index contributed by atoms with van der Waals surface area (Å²) in [6.45, 7) is 4.65. The van der Waals surface area contributed by atoms with Crippen LogP contribution in [0.1, 0.15) is 232 Å². The maximum absolute atomic E-state index is 12.8. The van der Waals surface area contributed by atoms with Crippen LogP contribution in [0, 0.1) is 0 Å². The van der Waals surface area contributed by atoms with Crippen molar-refractivity contribution < 1.29 is 38.2 Å². The quantitative estimate of drug-likeness (QED) is 0.0281. The van der Waals surface area contributed by atoms with Crippen LogP contribution in [0.15, 0.2) is 60.8 Å². The Bertz CT molecular complexity index is 1250. The molecular weight excluding hydrogens is 811 g/mol. The van der Waals surface area contributed by atoms with Crippen molar-refractivity contribution in [2.75, 3.05) is 41.0 Å². The van der Waals surface area contributed by atoms with Crippen LogP contribution in [0.25, 0.3) is 0 Å². The highest BCUT2D eigenvalue weighted by atomic mass is 16.6. The molecule has 0 saturated heterocycles. The average molecular weight is 913 g/mol. The monoisotopic (exact) mass is 913 g/mol. The first kappa shape index (κ1) is 62.0. The van der Waals surface area contributed by atoms with Gasteiger partial charge in [-0.1, -0.05) is 242 Å². The van der Waals surface area contributed by atoms with E-state index in [4.69, 9.17) is 14.2 Å². The minimum Gasteiger partial charge on any atom is -0.477 e. The first-order chi connectivity index (χ1) is 31.6. The fourth-order valence-electron chi connectivity index (χ4n) is 7.89. The molecule has 0 amide bonds. The van der Waals surface area contributed by atoms with Crippen LogP contribution in [0.5, 0.6) is 0 Å². The van der Waals surface area contributed by atoms with Gasteiger partial charge in [-0.05, 0) is 32.1 Å². The Balaban J connectivity index is 4.22. The minimum atomic E-state index is -0.879. The van der Waals surface area contributed by atoms with E-state index in [2.05, 4.69) is 38.2 Å². The summed E-state index contributed by atoms with van der Waals surface area (Å²) in [5.74, 6) is -1.49. The molecule has 2 atom stereocenters. The van der Waals surface area contributed by atoms with Crippen LogP contribution >= 0.6 is 0 Å². The van der Waals surface area contributed by atoms with E-state index < -0.39 is 18.1 Å². The number of unbranched alkanes of at least 4 members (excludes halogenated alkanes) is 28. The Morgan fingerprint density at radius 1 is 0.462 bits per heavy atom. The first-order valence-corrected chi connectivity index (χ1v) is 26.9. The molecule has 0 rings (SSSR count). The third kappa shape index (κ3) is 46.0. The smallest absolute Gasteiger partial charge is 0.362 e. The number of aliphatic carboxylic acids is 1. The van der Waals surface area contributed by atoms with E-state index in [9.17, 15) is 19.5 Å². The van der Waals surface area contributed by atoms with Crippen molar-refractivity contribution in [1.29, 1.82) is 0 Å². The van der Waals surface area contributed by atoms with Crippen LogP contribution in [-0.4, -0.2) is 80.6 Å². The lowest BCUT2D eigenvalue weighted by atomic mass is 10.0. The van der Waals surface area contributed by atoms with Crippen molar-refractivity contribution in [2.24, 2.45) is 0 Å². The zero-order valence-corrected chi connectivity index (χ0v) is 42.9. The zero-order chi connectivity index (χ0) is 47.7. The highest BCUT2D eigenvalue weighted by Gasteiger charge is 2.31. The largest absolute Gasteiger partial charge is 0.477 e. The van der Waals surface area contributed by atoms with Crippen LogP contribution in [-0.2, 0) is 28.6 Å². The molecule has 0 aromatic heterocycles. The predicted octanol–water partition coefficient (Wildman–Crippen LogP) is 15.7. The van der Waals surface area contributed by atoms with E-state index >= 15 is 0 Å². The second kappa shape index (κ2) is 47.5. The molecule has 0 spiro atoms. The second-order valence-corrected chi connectivity index (χ2v) is 19.3. The van der Waals surface area contributed by atoms with Crippen molar-refractivity contribution in [3.63, 3.8) is 0 Å². The van der Waals surface area contributed by atoms with Gasteiger partial charge in [0.2, 0.25) is 0 Å². The Labute approximate surface area is 400 Å². The summed E-state index contributed by atoms with van der Waals surface area (Å²) >= 11 is 0. The van der Waals surface area contributed by atoms with Crippen LogP contribution < -0.4 is 0 Å². The summed E-state index contributed by atoms with van der Waals surface area (Å²) in [6, 6.07) is -0.622. The molecule has 0 radical (unpaired) electrons. The average Bonchev–Trinajstić information content (AvgIpc) is 3.27. The normalized spacial score (nSPS) is 13.3. The predicted molar refractivity (Wildman–Crippen MR) is 275 cm³/mol. The molecule has 0 aromatic rings. The van der Waals surface area contributed by atoms with Gasteiger partial charge in [0.25, 0.3) is 0 Å². The SMILES string of the molecule is CCC/C=C/C=C/C=C/C=C/C=C/CCCCCCCC(=O)OC(COCCC(C(=O)O)[N+](C)(C)C)COC(=O)CCCCCCCCCCCCCCCCCCCCCCCCC. The summed E-state index contributed by atoms with van der Waals surface area (Å²) < 4.78 is 17.4. The van der Waals surface area contributed by atoms with E-state index in [-0.39, 0.29) is 36.2 Å². The Kier molecular flexibility index (Phi) is 45.3. The highest BCUT2D eigenvalue weighted by molar-refractivity contribution is 5.72. The Morgan fingerprint density at radius 3 is 1.26 bits per heavy atom. The number of allylic oxidation sites excluding steroid dienone is 10. The number of rotatable bonds is 48. The van der Waals surface area contributed by atoms with Gasteiger partial charge < -0.3 is 23.8 Å². The number of hydrogen-bond acceptors (Lipinski definition) is 6. The van der Waals surface area contributed by atoms with Gasteiger partial charge in [0.05, 0.1) is 34.4 Å². The molecule has 0 heterocycles. The number of hydrogen-bond donors (Lipinski definition) is 1.